The van der Waals surface area contributed by atoms with Gasteiger partial charge in [0.05, 0.1) is 90.2 Å². The second-order valence-corrected chi connectivity index (χ2v) is 34.9. The third-order valence-electron chi connectivity index (χ3n) is 19.2. The number of para-hydroxylation sites is 1. The van der Waals surface area contributed by atoms with Crippen molar-refractivity contribution in [1.82, 2.24) is 55.5 Å². The van der Waals surface area contributed by atoms with Gasteiger partial charge in [-0.15, -0.1) is 0 Å². The van der Waals surface area contributed by atoms with Gasteiger partial charge in [-0.1, -0.05) is 38.3 Å². The number of aromatic carboxylic acids is 2. The van der Waals surface area contributed by atoms with Gasteiger partial charge in [-0.05, 0) is 249 Å². The van der Waals surface area contributed by atoms with Crippen molar-refractivity contribution in [2.75, 3.05) is 85.3 Å². The van der Waals surface area contributed by atoms with E-state index in [9.17, 15) is 49.9 Å². The molecule has 0 radical (unpaired) electrons. The molecule has 11 heterocycles. The van der Waals surface area contributed by atoms with Crippen molar-refractivity contribution in [3.05, 3.63) is 236 Å². The molecule has 0 bridgehead atoms. The predicted octanol–water partition coefficient (Wildman–Crippen LogP) is 17.4. The number of pyridine rings is 3. The number of aryl methyl sites for hydroxylation is 4. The summed E-state index contributed by atoms with van der Waals surface area (Å²) < 4.78 is 141. The van der Waals surface area contributed by atoms with Crippen LogP contribution in [-0.2, 0) is 36.8 Å². The second-order valence-electron chi connectivity index (χ2n) is 28.3. The number of nitrogens with two attached hydrogens (primary N) is 4. The van der Waals surface area contributed by atoms with E-state index in [0.717, 1.165) is 29.6 Å². The van der Waals surface area contributed by atoms with Crippen molar-refractivity contribution < 1.29 is 107 Å². The summed E-state index contributed by atoms with van der Waals surface area (Å²) in [7, 11) is 0. The van der Waals surface area contributed by atoms with Crippen LogP contribution in [0.4, 0.5) is 70.8 Å². The predicted molar refractivity (Wildman–Crippen MR) is 505 cm³/mol. The van der Waals surface area contributed by atoms with E-state index < -0.39 is 64.4 Å². The van der Waals surface area contributed by atoms with E-state index in [4.69, 9.17) is 94.1 Å². The Balaban J connectivity index is 0.000000150. The Kier molecular flexibility index (Phi) is 34.5. The maximum absolute atomic E-state index is 14.6. The molecule has 12 N–H and O–H groups in total. The van der Waals surface area contributed by atoms with Gasteiger partial charge in [-0.3, -0.25) is 9.59 Å². The van der Waals surface area contributed by atoms with E-state index in [2.05, 4.69) is 97.3 Å². The average molecular weight is 2390 g/mol. The van der Waals surface area contributed by atoms with Crippen LogP contribution in [0.1, 0.15) is 91.5 Å². The molecular formula is C84H71ClF7I5N18O16. The summed E-state index contributed by atoms with van der Waals surface area (Å²) in [6, 6.07) is 26.7. The number of piperidine rings is 2. The largest absolute Gasteiger partial charge is 0.481 e. The molecule has 0 amide bonds. The first-order valence-corrected chi connectivity index (χ1v) is 44.1. The molecule has 18 rings (SSSR count). The number of fused-ring (bicyclic) bond motifs is 3. The zero-order valence-corrected chi connectivity index (χ0v) is 80.1. The molecule has 0 unspecified atom stereocenters. The Morgan fingerprint density at radius 1 is 0.473 bits per heavy atom. The summed E-state index contributed by atoms with van der Waals surface area (Å²) in [5.41, 5.74) is 23.3. The fourth-order valence-corrected chi connectivity index (χ4v) is 16.3. The number of aldehydes is 1. The number of hydrogen-bond acceptors (Lipinski definition) is 30. The summed E-state index contributed by atoms with van der Waals surface area (Å²) in [5.74, 6) is -3.78. The Morgan fingerprint density at radius 3 is 1.28 bits per heavy atom. The summed E-state index contributed by atoms with van der Waals surface area (Å²) in [6.07, 6.45) is 3.16. The number of aliphatic carboxylic acids is 1. The highest BCUT2D eigenvalue weighted by Crippen LogP contribution is 2.42. The van der Waals surface area contributed by atoms with Gasteiger partial charge in [0.1, 0.15) is 68.8 Å². The number of halogens is 13. The first-order valence-electron chi connectivity index (χ1n) is 38.3. The highest BCUT2D eigenvalue weighted by Gasteiger charge is 2.43. The van der Waals surface area contributed by atoms with Crippen molar-refractivity contribution in [2.24, 2.45) is 0 Å². The van der Waals surface area contributed by atoms with E-state index in [-0.39, 0.29) is 91.9 Å². The zero-order valence-electron chi connectivity index (χ0n) is 68.5. The molecule has 131 heavy (non-hydrogen) atoms. The number of aliphatic hydroxyl groups is 1. The fourth-order valence-electron chi connectivity index (χ4n) is 13.0. The van der Waals surface area contributed by atoms with Crippen LogP contribution in [0.5, 0.6) is 0 Å². The molecule has 4 aliphatic rings. The van der Waals surface area contributed by atoms with Crippen LogP contribution in [-0.4, -0.2) is 164 Å². The van der Waals surface area contributed by atoms with Crippen LogP contribution in [0.2, 0.25) is 5.15 Å². The van der Waals surface area contributed by atoms with Crippen molar-refractivity contribution >= 4 is 222 Å². The lowest BCUT2D eigenvalue weighted by atomic mass is 10.0. The Labute approximate surface area is 810 Å². The molecule has 0 atom stereocenters. The molecule has 7 aromatic carbocycles. The van der Waals surface area contributed by atoms with Crippen LogP contribution in [0.25, 0.3) is 71.9 Å². The molecule has 4 aliphatic heterocycles. The van der Waals surface area contributed by atoms with Gasteiger partial charge in [-0.2, -0.15) is 19.9 Å². The van der Waals surface area contributed by atoms with Crippen LogP contribution in [0.15, 0.2) is 127 Å². The summed E-state index contributed by atoms with van der Waals surface area (Å²) in [6.45, 7) is 18.9. The number of rotatable bonds is 11. The number of carbonyl (C=O) groups is 4. The number of aliphatic hydroxyl groups excluding tert-OH is 1. The number of hydrogen-bond donors (Lipinski definition) is 8. The van der Waals surface area contributed by atoms with Gasteiger partial charge in [0.15, 0.2) is 58.5 Å². The number of ether oxygens (including phenoxy) is 4. The first-order chi connectivity index (χ1) is 62.3. The van der Waals surface area contributed by atoms with Crippen molar-refractivity contribution in [3.8, 4) is 34.4 Å². The number of anilines is 6. The third-order valence-corrected chi connectivity index (χ3v) is 22.6. The minimum atomic E-state index is -1.22. The number of nitrogens with zero attached hydrogens (tertiary/aromatic N) is 14. The summed E-state index contributed by atoms with van der Waals surface area (Å²) in [4.78, 5) is 78.5. The number of nitrogen functional groups attached to an aromatic ring is 4. The molecule has 14 aromatic rings. The topological polar surface area (TPSA) is 495 Å². The maximum atomic E-state index is 14.6. The Hall–Kier alpha value is -11.1. The normalized spacial score (nSPS) is 13.9. The van der Waals surface area contributed by atoms with Crippen molar-refractivity contribution in [1.29, 1.82) is 0 Å². The van der Waals surface area contributed by atoms with Crippen molar-refractivity contribution in [2.45, 2.75) is 78.0 Å². The molecule has 0 saturated carbocycles. The molecule has 0 aliphatic carbocycles. The van der Waals surface area contributed by atoms with Crippen LogP contribution in [0.3, 0.4) is 0 Å². The molecule has 2 spiro atoms. The van der Waals surface area contributed by atoms with E-state index in [0.29, 0.717) is 170 Å². The molecule has 34 nitrogen and oxygen atoms in total. The number of benzene rings is 7. The van der Waals surface area contributed by atoms with Crippen LogP contribution >= 0.6 is 125 Å². The second kappa shape index (κ2) is 44.9. The van der Waals surface area contributed by atoms with Gasteiger partial charge in [0.2, 0.25) is 5.89 Å². The zero-order chi connectivity index (χ0) is 95.0. The molecule has 4 fully saturated rings. The van der Waals surface area contributed by atoms with Gasteiger partial charge in [0.25, 0.3) is 17.7 Å². The lowest BCUT2D eigenvalue weighted by Gasteiger charge is -2.38. The van der Waals surface area contributed by atoms with E-state index in [1.165, 1.54) is 60.7 Å². The number of carbonyl (C=O) groups excluding carboxylic acids is 1. The van der Waals surface area contributed by atoms with Gasteiger partial charge >= 0.3 is 17.9 Å². The standard InChI is InChI=1S/C20H18FN5O3.C19H18FIN4O3.C12H6ClFIN3O.C7H5FINO2.C7H7FINO.C7H5FINO.C7H6FNO2.C5H6N2O3/c1-12-23-19(29-25-12)15-10-13-9-14(22-2)11-16(21)17(13)24-18(15)26-5-3-20(4-6-26)27-7-8-28-20;1-11-22-18(28-24-11)14-9-12-8-13(21)10-15(20)16(12)23-17(14)25-4-2-19(3-5-25)26-6-7-27-19;1-5-16-12(19-18-5)8-3-6-2-7(15)4-9(14)10(6)17-11(8)13;8-5-2-3(9)1-4(6(5)10)7(11)12;2*8-6-2-5(9)1-4(3-11)7(6)10;8-5-3-1-2-4(6(5)9)7(10)11;1-3-6-4(10-7-3)2-5(8)9/h9-11H,3-8H2,1H3;8-10H,2-7H2,1H3;2-4H,1H3;1-2H,10H2,(H,11,12);1-2,11H,3,10H2;1-3H,10H2;1-3H,9H2,(H,10,11);2H2,1H3,(H,8,9). The minimum absolute atomic E-state index is 0.0351. The quantitative estimate of drug-likeness (QED) is 0.0149. The first kappa shape index (κ1) is 101. The highest BCUT2D eigenvalue weighted by atomic mass is 127. The minimum Gasteiger partial charge on any atom is -0.481 e. The van der Waals surface area contributed by atoms with E-state index in [1.54, 1.807) is 52.0 Å². The molecule has 47 heteroatoms. The van der Waals surface area contributed by atoms with E-state index in [1.807, 2.05) is 109 Å². The Bertz CT molecular complexity index is 6630. The monoisotopic (exact) mass is 2390 g/mol. The molecular weight excluding hydrogens is 2320 g/mol. The lowest BCUT2D eigenvalue weighted by Crippen LogP contribution is -2.45. The Morgan fingerprint density at radius 2 is 0.863 bits per heavy atom. The third kappa shape index (κ3) is 25.8. The molecule has 7 aromatic heterocycles. The van der Waals surface area contributed by atoms with Crippen molar-refractivity contribution in [3.63, 3.8) is 0 Å². The SMILES string of the molecule is Cc1noc(-c2cc3cc(I)cc(F)c3nc2Cl)n1.Cc1noc(-c2cc3cc(I)cc(F)c3nc2N2CCC3(CC2)OCCO3)n1.Cc1noc(CC(=O)O)n1.Nc1c(F)cc(I)cc1C(=O)O.Nc1c(F)cc(I)cc1C=O.Nc1c(F)cc(I)cc1CO.Nc1c(F)cccc1C(=O)O.[C-]#[N+]c1cc(F)c2nc(N3CCC4(CC3)OCCO4)c(-c3nc(C)no3)cc2c1. The highest BCUT2D eigenvalue weighted by molar-refractivity contribution is 14.1. The van der Waals surface area contributed by atoms with Gasteiger partial charge < -0.3 is 90.2 Å². The molecule has 4 saturated heterocycles. The number of carboxylic acid groups (broad SMARTS) is 3. The van der Waals surface area contributed by atoms with Gasteiger partial charge in [-0.25, -0.2) is 60.1 Å². The number of carboxylic acids is 3. The summed E-state index contributed by atoms with van der Waals surface area (Å²) in [5, 5.41) is 50.9. The summed E-state index contributed by atoms with van der Waals surface area (Å²) >= 11 is 15.9. The maximum Gasteiger partial charge on any atom is 0.337 e. The van der Waals surface area contributed by atoms with E-state index >= 15 is 0 Å². The number of aromatic nitrogens is 11. The van der Waals surface area contributed by atoms with Crippen LogP contribution in [0, 0.1) is 92.8 Å². The average Bonchev–Trinajstić information content (AvgIpc) is 1.70. The lowest BCUT2D eigenvalue weighted by molar-refractivity contribution is -0.169. The van der Waals surface area contributed by atoms with Crippen LogP contribution < -0.4 is 32.7 Å². The fraction of sp³-hybridized carbons (Fsp3) is 0.238. The molecule has 684 valence electrons. The van der Waals surface area contributed by atoms with Gasteiger partial charge in [0, 0.05) is 91.6 Å². The smallest absolute Gasteiger partial charge is 0.337 e.